The highest BCUT2D eigenvalue weighted by molar-refractivity contribution is 7.21. The van der Waals surface area contributed by atoms with E-state index in [1.54, 1.807) is 12.3 Å². The molecule has 4 rings (SSSR count). The monoisotopic (exact) mass is 375 g/mol. The first-order valence-electron chi connectivity index (χ1n) is 8.61. The van der Waals surface area contributed by atoms with Crippen molar-refractivity contribution >= 4 is 27.5 Å². The lowest BCUT2D eigenvalue weighted by Gasteiger charge is -2.09. The number of nitrogens with zero attached hydrogens (tertiary/aromatic N) is 3. The zero-order valence-electron chi connectivity index (χ0n) is 14.9. The Hall–Kier alpha value is -3.12. The molecule has 2 heterocycles. The number of benzene rings is 2. The summed E-state index contributed by atoms with van der Waals surface area (Å²) in [6, 6.07) is 15.3. The molecule has 0 atom stereocenters. The molecule has 0 bridgehead atoms. The summed E-state index contributed by atoms with van der Waals surface area (Å²) >= 11 is 1.47. The second kappa shape index (κ2) is 7.25. The third-order valence-electron chi connectivity index (χ3n) is 4.12. The van der Waals surface area contributed by atoms with E-state index in [9.17, 15) is 4.79 Å². The number of hydrogen-bond acceptors (Lipinski definition) is 6. The highest BCUT2D eigenvalue weighted by Gasteiger charge is 2.20. The minimum absolute atomic E-state index is 0.159. The molecule has 0 aliphatic heterocycles. The predicted molar refractivity (Wildman–Crippen MR) is 106 cm³/mol. The van der Waals surface area contributed by atoms with Crippen molar-refractivity contribution in [3.63, 3.8) is 0 Å². The summed E-state index contributed by atoms with van der Waals surface area (Å²) in [5.74, 6) is 0.295. The van der Waals surface area contributed by atoms with Gasteiger partial charge in [0.25, 0.3) is 0 Å². The summed E-state index contributed by atoms with van der Waals surface area (Å²) in [7, 11) is 0. The van der Waals surface area contributed by atoms with Crippen LogP contribution in [0.4, 0.5) is 0 Å². The van der Waals surface area contributed by atoms with Crippen molar-refractivity contribution in [1.82, 2.24) is 15.0 Å². The Morgan fingerprint density at radius 1 is 1.04 bits per heavy atom. The second-order valence-corrected chi connectivity index (χ2v) is 7.39. The van der Waals surface area contributed by atoms with E-state index in [-0.39, 0.29) is 5.69 Å². The Labute approximate surface area is 160 Å². The van der Waals surface area contributed by atoms with E-state index < -0.39 is 5.97 Å². The van der Waals surface area contributed by atoms with Crippen LogP contribution in [0.25, 0.3) is 20.9 Å². The van der Waals surface area contributed by atoms with E-state index in [1.165, 1.54) is 17.5 Å². The molecule has 2 aromatic heterocycles. The van der Waals surface area contributed by atoms with Crippen molar-refractivity contribution in [2.75, 3.05) is 0 Å². The molecule has 0 radical (unpaired) electrons. The number of aromatic nitrogens is 3. The average molecular weight is 375 g/mol. The number of rotatable bonds is 4. The first-order chi connectivity index (χ1) is 13.1. The minimum atomic E-state index is -0.543. The molecule has 134 valence electrons. The Balaban J connectivity index is 1.68. The number of para-hydroxylation sites is 1. The van der Waals surface area contributed by atoms with Crippen LogP contribution in [0.15, 0.2) is 60.9 Å². The van der Waals surface area contributed by atoms with Gasteiger partial charge < -0.3 is 4.74 Å². The molecule has 0 aliphatic rings. The highest BCUT2D eigenvalue weighted by atomic mass is 32.1. The molecule has 6 heteroatoms. The third kappa shape index (κ3) is 3.57. The summed E-state index contributed by atoms with van der Waals surface area (Å²) in [6.07, 6.45) is 3.04. The maximum Gasteiger partial charge on any atom is 0.364 e. The number of carbonyl (C=O) groups excluding carboxylic acids is 1. The van der Waals surface area contributed by atoms with Crippen LogP contribution < -0.4 is 4.74 Å². The van der Waals surface area contributed by atoms with Gasteiger partial charge in [0.15, 0.2) is 5.69 Å². The van der Waals surface area contributed by atoms with Crippen LogP contribution in [-0.4, -0.2) is 20.9 Å². The van der Waals surface area contributed by atoms with E-state index >= 15 is 0 Å². The van der Waals surface area contributed by atoms with Crippen molar-refractivity contribution in [2.45, 2.75) is 19.8 Å². The lowest BCUT2D eigenvalue weighted by atomic mass is 10.0. The van der Waals surface area contributed by atoms with E-state index in [2.05, 4.69) is 28.8 Å². The normalized spacial score (nSPS) is 11.1. The number of fused-ring (bicyclic) bond motifs is 1. The van der Waals surface area contributed by atoms with Crippen molar-refractivity contribution < 1.29 is 9.53 Å². The van der Waals surface area contributed by atoms with E-state index in [1.807, 2.05) is 42.5 Å². The van der Waals surface area contributed by atoms with Crippen LogP contribution in [0.3, 0.4) is 0 Å². The SMILES string of the molecule is CC(C)c1cccc(OC(=O)c2nccnc2-c2nc3ccccc3s2)c1. The number of ether oxygens (including phenoxy) is 1. The number of esters is 1. The summed E-state index contributed by atoms with van der Waals surface area (Å²) < 4.78 is 6.59. The van der Waals surface area contributed by atoms with Gasteiger partial charge >= 0.3 is 5.97 Å². The van der Waals surface area contributed by atoms with Gasteiger partial charge in [-0.05, 0) is 35.7 Å². The molecular weight excluding hydrogens is 358 g/mol. The van der Waals surface area contributed by atoms with Crippen molar-refractivity contribution in [2.24, 2.45) is 0 Å². The standard InChI is InChI=1S/C21H17N3O2S/c1-13(2)14-6-5-7-15(12-14)26-21(25)19-18(22-10-11-23-19)20-24-16-8-3-4-9-17(16)27-20/h3-13H,1-2H3. The largest absolute Gasteiger partial charge is 0.422 e. The fourth-order valence-corrected chi connectivity index (χ4v) is 3.67. The van der Waals surface area contributed by atoms with Crippen LogP contribution in [0.1, 0.15) is 35.8 Å². The smallest absolute Gasteiger partial charge is 0.364 e. The topological polar surface area (TPSA) is 65.0 Å². The van der Waals surface area contributed by atoms with E-state index in [4.69, 9.17) is 4.74 Å². The Morgan fingerprint density at radius 2 is 1.85 bits per heavy atom. The molecule has 0 N–H and O–H groups in total. The zero-order valence-corrected chi connectivity index (χ0v) is 15.7. The molecule has 5 nitrogen and oxygen atoms in total. The summed E-state index contributed by atoms with van der Waals surface area (Å²) in [4.78, 5) is 25.9. The van der Waals surface area contributed by atoms with Gasteiger partial charge in [0.2, 0.25) is 0 Å². The molecule has 0 fully saturated rings. The Morgan fingerprint density at radius 3 is 2.67 bits per heavy atom. The van der Waals surface area contributed by atoms with Gasteiger partial charge in [0, 0.05) is 12.4 Å². The number of carbonyl (C=O) groups is 1. The molecule has 4 aromatic rings. The van der Waals surface area contributed by atoms with Gasteiger partial charge in [-0.3, -0.25) is 0 Å². The Bertz CT molecular complexity index is 1090. The van der Waals surface area contributed by atoms with Crippen molar-refractivity contribution in [3.05, 3.63) is 72.2 Å². The molecule has 0 saturated carbocycles. The molecule has 2 aromatic carbocycles. The van der Waals surface area contributed by atoms with Gasteiger partial charge in [-0.1, -0.05) is 38.1 Å². The van der Waals surface area contributed by atoms with Crippen LogP contribution in [0.5, 0.6) is 5.75 Å². The highest BCUT2D eigenvalue weighted by Crippen LogP contribution is 2.30. The van der Waals surface area contributed by atoms with Gasteiger partial charge in [-0.2, -0.15) is 0 Å². The summed E-state index contributed by atoms with van der Waals surface area (Å²) in [6.45, 7) is 4.18. The van der Waals surface area contributed by atoms with Gasteiger partial charge in [-0.25, -0.2) is 19.7 Å². The maximum absolute atomic E-state index is 12.8. The minimum Gasteiger partial charge on any atom is -0.422 e. The fourth-order valence-electron chi connectivity index (χ4n) is 2.71. The van der Waals surface area contributed by atoms with E-state index in [0.29, 0.717) is 22.4 Å². The van der Waals surface area contributed by atoms with Crippen LogP contribution in [0, 0.1) is 0 Å². The van der Waals surface area contributed by atoms with Crippen molar-refractivity contribution in [1.29, 1.82) is 0 Å². The van der Waals surface area contributed by atoms with Crippen LogP contribution in [0.2, 0.25) is 0 Å². The molecule has 0 aliphatic carbocycles. The molecule has 0 unspecified atom stereocenters. The van der Waals surface area contributed by atoms with Crippen LogP contribution in [-0.2, 0) is 0 Å². The number of thiazole rings is 1. The lowest BCUT2D eigenvalue weighted by molar-refractivity contribution is 0.0729. The van der Waals surface area contributed by atoms with Gasteiger partial charge in [-0.15, -0.1) is 11.3 Å². The second-order valence-electron chi connectivity index (χ2n) is 6.36. The fraction of sp³-hybridized carbons (Fsp3) is 0.143. The summed E-state index contributed by atoms with van der Waals surface area (Å²) in [5.41, 5.74) is 2.56. The molecular formula is C21H17N3O2S. The third-order valence-corrected chi connectivity index (χ3v) is 5.17. The first kappa shape index (κ1) is 17.3. The predicted octanol–water partition coefficient (Wildman–Crippen LogP) is 5.10. The van der Waals surface area contributed by atoms with Crippen molar-refractivity contribution in [3.8, 4) is 16.5 Å². The molecule has 0 amide bonds. The first-order valence-corrected chi connectivity index (χ1v) is 9.42. The number of hydrogen-bond donors (Lipinski definition) is 0. The molecule has 0 spiro atoms. The van der Waals surface area contributed by atoms with Gasteiger partial charge in [0.1, 0.15) is 16.5 Å². The molecule has 27 heavy (non-hydrogen) atoms. The zero-order chi connectivity index (χ0) is 18.8. The quantitative estimate of drug-likeness (QED) is 0.367. The summed E-state index contributed by atoms with van der Waals surface area (Å²) in [5, 5.41) is 0.646. The molecule has 0 saturated heterocycles. The lowest BCUT2D eigenvalue weighted by Crippen LogP contribution is -2.13. The maximum atomic E-state index is 12.8. The van der Waals surface area contributed by atoms with E-state index in [0.717, 1.165) is 15.8 Å². The Kier molecular flexibility index (Phi) is 4.64. The average Bonchev–Trinajstić information content (AvgIpc) is 3.12. The van der Waals surface area contributed by atoms with Crippen LogP contribution >= 0.6 is 11.3 Å². The van der Waals surface area contributed by atoms with Gasteiger partial charge in [0.05, 0.1) is 10.2 Å².